The largest absolute Gasteiger partial charge is 0.273 e. The second-order valence-electron chi connectivity index (χ2n) is 2.96. The molecule has 1 unspecified atom stereocenters. The normalized spacial score (nSPS) is 13.2. The molecule has 0 aliphatic rings. The first-order valence-corrected chi connectivity index (χ1v) is 7.40. The SMILES string of the molecule is C=CCCS(=O)(=O)NC(=O)C(C)SCC. The van der Waals surface area contributed by atoms with Crippen LogP contribution in [0.4, 0.5) is 0 Å². The number of carbonyl (C=O) groups is 1. The molecule has 0 radical (unpaired) electrons. The average molecular weight is 251 g/mol. The number of amides is 1. The zero-order valence-electron chi connectivity index (χ0n) is 9.02. The van der Waals surface area contributed by atoms with Gasteiger partial charge in [0.2, 0.25) is 15.9 Å². The van der Waals surface area contributed by atoms with Gasteiger partial charge in [0.05, 0.1) is 11.0 Å². The molecule has 6 heteroatoms. The van der Waals surface area contributed by atoms with Crippen molar-refractivity contribution in [3.05, 3.63) is 12.7 Å². The van der Waals surface area contributed by atoms with Crippen molar-refractivity contribution in [1.29, 1.82) is 0 Å². The molecule has 0 aromatic heterocycles. The molecule has 1 amide bonds. The summed E-state index contributed by atoms with van der Waals surface area (Å²) >= 11 is 1.41. The molecule has 1 N–H and O–H groups in total. The lowest BCUT2D eigenvalue weighted by Crippen LogP contribution is -2.37. The summed E-state index contributed by atoms with van der Waals surface area (Å²) in [5.74, 6) is 0.235. The van der Waals surface area contributed by atoms with Crippen molar-refractivity contribution in [1.82, 2.24) is 4.72 Å². The molecule has 15 heavy (non-hydrogen) atoms. The standard InChI is InChI=1S/C9H17NO3S2/c1-4-6-7-15(12,13)10-9(11)8(3)14-5-2/h4,8H,1,5-7H2,2-3H3,(H,10,11). The van der Waals surface area contributed by atoms with Gasteiger partial charge >= 0.3 is 0 Å². The lowest BCUT2D eigenvalue weighted by atomic mass is 10.5. The molecule has 0 heterocycles. The molecule has 4 nitrogen and oxygen atoms in total. The van der Waals surface area contributed by atoms with Crippen LogP contribution in [0.5, 0.6) is 0 Å². The van der Waals surface area contributed by atoms with E-state index in [9.17, 15) is 13.2 Å². The van der Waals surface area contributed by atoms with Gasteiger partial charge in [0.15, 0.2) is 0 Å². The van der Waals surface area contributed by atoms with Gasteiger partial charge in [-0.2, -0.15) is 0 Å². The Morgan fingerprint density at radius 1 is 1.60 bits per heavy atom. The van der Waals surface area contributed by atoms with Gasteiger partial charge in [-0.1, -0.05) is 13.0 Å². The molecular weight excluding hydrogens is 234 g/mol. The van der Waals surface area contributed by atoms with Crippen molar-refractivity contribution in [2.75, 3.05) is 11.5 Å². The summed E-state index contributed by atoms with van der Waals surface area (Å²) < 4.78 is 24.7. The Kier molecular flexibility index (Phi) is 6.67. The molecule has 0 aliphatic carbocycles. The minimum absolute atomic E-state index is 0.0915. The van der Waals surface area contributed by atoms with Crippen LogP contribution in [0.1, 0.15) is 20.3 Å². The highest BCUT2D eigenvalue weighted by Gasteiger charge is 2.18. The van der Waals surface area contributed by atoms with Gasteiger partial charge in [0.25, 0.3) is 0 Å². The summed E-state index contributed by atoms with van der Waals surface area (Å²) in [7, 11) is -3.49. The zero-order valence-corrected chi connectivity index (χ0v) is 10.7. The Balaban J connectivity index is 4.21. The van der Waals surface area contributed by atoms with Gasteiger partial charge in [-0.15, -0.1) is 18.3 Å². The van der Waals surface area contributed by atoms with Crippen molar-refractivity contribution in [3.63, 3.8) is 0 Å². The quantitative estimate of drug-likeness (QED) is 0.689. The van der Waals surface area contributed by atoms with Gasteiger partial charge in [-0.05, 0) is 19.1 Å². The first-order chi connectivity index (χ1) is 6.93. The van der Waals surface area contributed by atoms with Crippen LogP contribution >= 0.6 is 11.8 Å². The van der Waals surface area contributed by atoms with Crippen LogP contribution in [0.15, 0.2) is 12.7 Å². The third-order valence-corrected chi connectivity index (χ3v) is 3.97. The molecule has 0 fully saturated rings. The van der Waals surface area contributed by atoms with E-state index in [2.05, 4.69) is 6.58 Å². The molecule has 0 aromatic rings. The monoisotopic (exact) mass is 251 g/mol. The highest BCUT2D eigenvalue weighted by atomic mass is 32.2. The smallest absolute Gasteiger partial charge is 0.246 e. The highest BCUT2D eigenvalue weighted by molar-refractivity contribution is 8.00. The maximum absolute atomic E-state index is 11.4. The number of hydrogen-bond acceptors (Lipinski definition) is 4. The molecule has 0 saturated heterocycles. The van der Waals surface area contributed by atoms with Gasteiger partial charge < -0.3 is 0 Å². The maximum atomic E-state index is 11.4. The molecule has 0 aromatic carbocycles. The fraction of sp³-hybridized carbons (Fsp3) is 0.667. The Morgan fingerprint density at radius 3 is 2.67 bits per heavy atom. The van der Waals surface area contributed by atoms with Crippen molar-refractivity contribution in [2.24, 2.45) is 0 Å². The Labute approximate surface area is 95.6 Å². The molecule has 0 rings (SSSR count). The number of sulfonamides is 1. The van der Waals surface area contributed by atoms with E-state index in [0.29, 0.717) is 6.42 Å². The topological polar surface area (TPSA) is 63.2 Å². The predicted octanol–water partition coefficient (Wildman–Crippen LogP) is 1.15. The van der Waals surface area contributed by atoms with Gasteiger partial charge in [-0.3, -0.25) is 9.52 Å². The molecule has 1 atom stereocenters. The van der Waals surface area contributed by atoms with Crippen molar-refractivity contribution >= 4 is 27.7 Å². The second kappa shape index (κ2) is 6.90. The van der Waals surface area contributed by atoms with E-state index < -0.39 is 15.9 Å². The summed E-state index contributed by atoms with van der Waals surface area (Å²) in [5.41, 5.74) is 0. The molecule has 0 spiro atoms. The fourth-order valence-corrected chi connectivity index (χ4v) is 2.70. The number of rotatable bonds is 7. The van der Waals surface area contributed by atoms with E-state index >= 15 is 0 Å². The van der Waals surface area contributed by atoms with Crippen LogP contribution in [0.2, 0.25) is 0 Å². The summed E-state index contributed by atoms with van der Waals surface area (Å²) in [6.07, 6.45) is 1.85. The lowest BCUT2D eigenvalue weighted by molar-refractivity contribution is -0.118. The molecule has 0 bridgehead atoms. The summed E-state index contributed by atoms with van der Waals surface area (Å²) in [4.78, 5) is 11.4. The van der Waals surface area contributed by atoms with Gasteiger partial charge in [0, 0.05) is 0 Å². The van der Waals surface area contributed by atoms with E-state index in [-0.39, 0.29) is 11.0 Å². The van der Waals surface area contributed by atoms with E-state index in [1.165, 1.54) is 17.8 Å². The average Bonchev–Trinajstić information content (AvgIpc) is 2.14. The van der Waals surface area contributed by atoms with E-state index in [4.69, 9.17) is 0 Å². The van der Waals surface area contributed by atoms with E-state index in [0.717, 1.165) is 5.75 Å². The number of hydrogen-bond donors (Lipinski definition) is 1. The first-order valence-electron chi connectivity index (χ1n) is 4.69. The van der Waals surface area contributed by atoms with Crippen LogP contribution < -0.4 is 4.72 Å². The minimum atomic E-state index is -3.49. The zero-order chi connectivity index (χ0) is 11.9. The predicted molar refractivity (Wildman–Crippen MR) is 64.3 cm³/mol. The molecule has 0 saturated carbocycles. The molecule has 88 valence electrons. The number of carbonyl (C=O) groups excluding carboxylic acids is 1. The number of nitrogens with one attached hydrogen (secondary N) is 1. The summed E-state index contributed by atoms with van der Waals surface area (Å²) in [6.45, 7) is 7.03. The lowest BCUT2D eigenvalue weighted by Gasteiger charge is -2.10. The Hall–Kier alpha value is -0.490. The van der Waals surface area contributed by atoms with E-state index in [1.807, 2.05) is 11.6 Å². The summed E-state index contributed by atoms with van der Waals surface area (Å²) in [6, 6.07) is 0. The Morgan fingerprint density at radius 2 is 2.20 bits per heavy atom. The van der Waals surface area contributed by atoms with Crippen LogP contribution in [0, 0.1) is 0 Å². The third-order valence-electron chi connectivity index (χ3n) is 1.63. The van der Waals surface area contributed by atoms with E-state index in [1.54, 1.807) is 6.92 Å². The van der Waals surface area contributed by atoms with Crippen LogP contribution in [-0.2, 0) is 14.8 Å². The number of thioether (sulfide) groups is 1. The second-order valence-corrected chi connectivity index (χ2v) is 6.42. The van der Waals surface area contributed by atoms with Crippen LogP contribution in [-0.4, -0.2) is 31.1 Å². The number of allylic oxidation sites excluding steroid dienone is 1. The highest BCUT2D eigenvalue weighted by Crippen LogP contribution is 2.09. The summed E-state index contributed by atoms with van der Waals surface area (Å²) in [5, 5.41) is -0.339. The van der Waals surface area contributed by atoms with Gasteiger partial charge in [-0.25, -0.2) is 8.42 Å². The fourth-order valence-electron chi connectivity index (χ4n) is 0.851. The third kappa shape index (κ3) is 6.57. The first kappa shape index (κ1) is 14.5. The minimum Gasteiger partial charge on any atom is -0.273 e. The molecule has 0 aliphatic heterocycles. The molecular formula is C9H17NO3S2. The van der Waals surface area contributed by atoms with Crippen molar-refractivity contribution < 1.29 is 13.2 Å². The van der Waals surface area contributed by atoms with Gasteiger partial charge in [0.1, 0.15) is 0 Å². The van der Waals surface area contributed by atoms with Crippen molar-refractivity contribution in [2.45, 2.75) is 25.5 Å². The van der Waals surface area contributed by atoms with Crippen LogP contribution in [0.25, 0.3) is 0 Å². The van der Waals surface area contributed by atoms with Crippen LogP contribution in [0.3, 0.4) is 0 Å². The maximum Gasteiger partial charge on any atom is 0.246 e. The Bertz CT molecular complexity index is 311. The van der Waals surface area contributed by atoms with Crippen molar-refractivity contribution in [3.8, 4) is 0 Å².